The van der Waals surface area contributed by atoms with E-state index >= 15 is 0 Å². The molecule has 1 N–H and O–H groups in total. The third kappa shape index (κ3) is 4.43. The average molecular weight is 393 g/mol. The first-order chi connectivity index (χ1) is 13.3. The molecule has 150 valence electrons. The van der Waals surface area contributed by atoms with Crippen LogP contribution in [-0.2, 0) is 6.18 Å². The van der Waals surface area contributed by atoms with Crippen molar-refractivity contribution in [3.8, 4) is 5.69 Å². The molecule has 8 heteroatoms. The first-order valence-corrected chi connectivity index (χ1v) is 9.36. The van der Waals surface area contributed by atoms with Crippen LogP contribution in [0, 0.1) is 6.92 Å². The van der Waals surface area contributed by atoms with Crippen molar-refractivity contribution in [2.24, 2.45) is 0 Å². The van der Waals surface area contributed by atoms with Gasteiger partial charge in [-0.25, -0.2) is 4.68 Å². The molecule has 1 amide bonds. The predicted molar refractivity (Wildman–Crippen MR) is 98.5 cm³/mol. The summed E-state index contributed by atoms with van der Waals surface area (Å²) in [4.78, 5) is 24.9. The number of halogens is 3. The zero-order valence-corrected chi connectivity index (χ0v) is 15.6. The third-order valence-electron chi connectivity index (χ3n) is 4.95. The molecular weight excluding hydrogens is 371 g/mol. The van der Waals surface area contributed by atoms with Crippen molar-refractivity contribution in [1.82, 2.24) is 15.1 Å². The van der Waals surface area contributed by atoms with Crippen LogP contribution in [0.1, 0.15) is 60.3 Å². The molecule has 0 saturated heterocycles. The second-order valence-electron chi connectivity index (χ2n) is 7.09. The van der Waals surface area contributed by atoms with Crippen molar-refractivity contribution in [1.29, 1.82) is 0 Å². The maximum atomic E-state index is 13.4. The fourth-order valence-corrected chi connectivity index (χ4v) is 3.52. The number of rotatable bonds is 3. The number of amides is 1. The minimum Gasteiger partial charge on any atom is -0.348 e. The number of carbonyl (C=O) groups is 1. The number of aryl methyl sites for hydroxylation is 1. The molecular formula is C20H22F3N3O2. The van der Waals surface area contributed by atoms with Gasteiger partial charge in [-0.1, -0.05) is 37.8 Å². The van der Waals surface area contributed by atoms with Gasteiger partial charge in [-0.3, -0.25) is 9.59 Å². The molecule has 1 aliphatic carbocycles. The maximum absolute atomic E-state index is 13.4. The largest absolute Gasteiger partial charge is 0.418 e. The van der Waals surface area contributed by atoms with Crippen LogP contribution in [-0.4, -0.2) is 21.7 Å². The number of aromatic nitrogens is 2. The van der Waals surface area contributed by atoms with Crippen LogP contribution >= 0.6 is 0 Å². The second kappa shape index (κ2) is 8.16. The summed E-state index contributed by atoms with van der Waals surface area (Å²) in [5.41, 5.74) is -1.90. The zero-order chi connectivity index (χ0) is 20.3. The molecule has 28 heavy (non-hydrogen) atoms. The van der Waals surface area contributed by atoms with Crippen LogP contribution in [0.4, 0.5) is 13.2 Å². The highest BCUT2D eigenvalue weighted by Crippen LogP contribution is 2.33. The van der Waals surface area contributed by atoms with E-state index in [4.69, 9.17) is 0 Å². The molecule has 0 bridgehead atoms. The van der Waals surface area contributed by atoms with Crippen molar-refractivity contribution >= 4 is 5.91 Å². The number of hydrogen-bond acceptors (Lipinski definition) is 3. The van der Waals surface area contributed by atoms with Crippen LogP contribution in [0.5, 0.6) is 0 Å². The molecule has 1 fully saturated rings. The molecule has 3 rings (SSSR count). The fourth-order valence-electron chi connectivity index (χ4n) is 3.52. The smallest absolute Gasteiger partial charge is 0.348 e. The van der Waals surface area contributed by atoms with Gasteiger partial charge in [-0.2, -0.15) is 18.3 Å². The van der Waals surface area contributed by atoms with E-state index in [0.29, 0.717) is 0 Å². The van der Waals surface area contributed by atoms with Crippen molar-refractivity contribution < 1.29 is 18.0 Å². The quantitative estimate of drug-likeness (QED) is 0.802. The lowest BCUT2D eigenvalue weighted by molar-refractivity contribution is -0.137. The van der Waals surface area contributed by atoms with Gasteiger partial charge in [0.05, 0.1) is 11.3 Å². The van der Waals surface area contributed by atoms with Gasteiger partial charge in [0.2, 0.25) is 5.43 Å². The molecule has 0 radical (unpaired) electrons. The highest BCUT2D eigenvalue weighted by atomic mass is 19.4. The van der Waals surface area contributed by atoms with Gasteiger partial charge >= 0.3 is 6.18 Å². The Kier molecular flexibility index (Phi) is 5.86. The molecule has 0 unspecified atom stereocenters. The Balaban J connectivity index is 1.98. The first-order valence-electron chi connectivity index (χ1n) is 9.36. The van der Waals surface area contributed by atoms with Crippen molar-refractivity contribution in [2.75, 3.05) is 0 Å². The Labute approximate surface area is 160 Å². The van der Waals surface area contributed by atoms with E-state index in [-0.39, 0.29) is 17.4 Å². The number of alkyl halides is 3. The molecule has 5 nitrogen and oxygen atoms in total. The number of benzene rings is 1. The Morgan fingerprint density at radius 1 is 1.14 bits per heavy atom. The lowest BCUT2D eigenvalue weighted by Crippen LogP contribution is -2.38. The lowest BCUT2D eigenvalue weighted by atomic mass is 10.1. The van der Waals surface area contributed by atoms with Gasteiger partial charge in [0, 0.05) is 17.8 Å². The van der Waals surface area contributed by atoms with Crippen LogP contribution in [0.3, 0.4) is 0 Å². The molecule has 1 aromatic heterocycles. The normalized spacial score (nSPS) is 15.9. The highest BCUT2D eigenvalue weighted by Gasteiger charge is 2.34. The Morgan fingerprint density at radius 2 is 1.79 bits per heavy atom. The van der Waals surface area contributed by atoms with Gasteiger partial charge in [0.15, 0.2) is 5.69 Å². The van der Waals surface area contributed by atoms with Gasteiger partial charge in [-0.15, -0.1) is 0 Å². The summed E-state index contributed by atoms with van der Waals surface area (Å²) in [6.07, 6.45) is 1.26. The van der Waals surface area contributed by atoms with Crippen LogP contribution in [0.15, 0.2) is 35.1 Å². The van der Waals surface area contributed by atoms with E-state index in [1.54, 1.807) is 0 Å². The molecule has 1 heterocycles. The number of para-hydroxylation sites is 1. The zero-order valence-electron chi connectivity index (χ0n) is 15.6. The summed E-state index contributed by atoms with van der Waals surface area (Å²) in [5.74, 6) is -0.643. The van der Waals surface area contributed by atoms with Gasteiger partial charge in [-0.05, 0) is 31.9 Å². The number of carbonyl (C=O) groups excluding carboxylic acids is 1. The van der Waals surface area contributed by atoms with Gasteiger partial charge in [0.25, 0.3) is 5.91 Å². The van der Waals surface area contributed by atoms with Gasteiger partial charge in [0.1, 0.15) is 0 Å². The van der Waals surface area contributed by atoms with Crippen LogP contribution in [0.25, 0.3) is 5.69 Å². The minimum atomic E-state index is -4.59. The van der Waals surface area contributed by atoms with Crippen molar-refractivity contribution in [2.45, 2.75) is 57.7 Å². The Bertz CT molecular complexity index is 914. The summed E-state index contributed by atoms with van der Waals surface area (Å²) in [7, 11) is 0. The monoisotopic (exact) mass is 393 g/mol. The summed E-state index contributed by atoms with van der Waals surface area (Å²) in [6.45, 7) is 1.48. The Morgan fingerprint density at radius 3 is 2.43 bits per heavy atom. The predicted octanol–water partition coefficient (Wildman–Crippen LogP) is 4.01. The molecule has 0 aliphatic heterocycles. The van der Waals surface area contributed by atoms with Crippen molar-refractivity contribution in [3.05, 3.63) is 57.5 Å². The topological polar surface area (TPSA) is 64.0 Å². The van der Waals surface area contributed by atoms with E-state index in [9.17, 15) is 22.8 Å². The summed E-state index contributed by atoms with van der Waals surface area (Å²) >= 11 is 0. The second-order valence-corrected chi connectivity index (χ2v) is 7.09. The van der Waals surface area contributed by atoms with Crippen LogP contribution in [0.2, 0.25) is 0 Å². The van der Waals surface area contributed by atoms with E-state index in [1.807, 2.05) is 0 Å². The van der Waals surface area contributed by atoms with E-state index < -0.39 is 28.8 Å². The summed E-state index contributed by atoms with van der Waals surface area (Å²) < 4.78 is 41.1. The standard InChI is InChI=1S/C20H22F3N3O2/c1-13-12-17(27)18(19(28)24-14-8-4-2-3-5-9-14)25-26(13)16-11-7-6-10-15(16)20(21,22)23/h6-7,10-12,14H,2-5,8-9H2,1H3,(H,24,28). The summed E-state index contributed by atoms with van der Waals surface area (Å²) in [6, 6.07) is 6.04. The fraction of sp³-hybridized carbons (Fsp3) is 0.450. The maximum Gasteiger partial charge on any atom is 0.418 e. The number of nitrogens with zero attached hydrogens (tertiary/aromatic N) is 2. The van der Waals surface area contributed by atoms with E-state index in [1.165, 1.54) is 25.1 Å². The molecule has 2 aromatic rings. The van der Waals surface area contributed by atoms with Crippen LogP contribution < -0.4 is 10.7 Å². The van der Waals surface area contributed by atoms with Crippen molar-refractivity contribution in [3.63, 3.8) is 0 Å². The third-order valence-corrected chi connectivity index (χ3v) is 4.95. The number of nitrogens with one attached hydrogen (secondary N) is 1. The highest BCUT2D eigenvalue weighted by molar-refractivity contribution is 5.92. The van der Waals surface area contributed by atoms with E-state index in [0.717, 1.165) is 55.3 Å². The van der Waals surface area contributed by atoms with E-state index in [2.05, 4.69) is 10.4 Å². The minimum absolute atomic E-state index is 0.0478. The molecule has 0 spiro atoms. The molecule has 1 aromatic carbocycles. The molecule has 1 saturated carbocycles. The molecule has 0 atom stereocenters. The Hall–Kier alpha value is -2.64. The average Bonchev–Trinajstić information content (AvgIpc) is 2.89. The first kappa shape index (κ1) is 20.1. The SMILES string of the molecule is Cc1cc(=O)c(C(=O)NC2CCCCCC2)nn1-c1ccccc1C(F)(F)F. The number of hydrogen-bond donors (Lipinski definition) is 1. The lowest BCUT2D eigenvalue weighted by Gasteiger charge is -2.18. The van der Waals surface area contributed by atoms with Gasteiger partial charge < -0.3 is 5.32 Å². The molecule has 1 aliphatic rings. The summed E-state index contributed by atoms with van der Waals surface area (Å²) in [5, 5.41) is 6.82.